The van der Waals surface area contributed by atoms with E-state index in [-0.39, 0.29) is 0 Å². The first kappa shape index (κ1) is 13.4. The Bertz CT molecular complexity index is 231. The van der Waals surface area contributed by atoms with Gasteiger partial charge in [0.1, 0.15) is 0 Å². The summed E-state index contributed by atoms with van der Waals surface area (Å²) in [6.45, 7) is 10.8. The molecule has 0 radical (unpaired) electrons. The molecule has 0 aromatic rings. The van der Waals surface area contributed by atoms with Gasteiger partial charge in [0.2, 0.25) is 0 Å². The Labute approximate surface area is 107 Å². The summed E-state index contributed by atoms with van der Waals surface area (Å²) >= 11 is 0. The molecule has 2 nitrogen and oxygen atoms in total. The van der Waals surface area contributed by atoms with Crippen LogP contribution in [-0.2, 0) is 0 Å². The number of likely N-dealkylation sites (N-methyl/N-ethyl adjacent to an activating group) is 1. The van der Waals surface area contributed by atoms with Crippen LogP contribution >= 0.6 is 0 Å². The summed E-state index contributed by atoms with van der Waals surface area (Å²) in [5, 5.41) is 3.75. The van der Waals surface area contributed by atoms with Crippen molar-refractivity contribution in [3.05, 3.63) is 0 Å². The van der Waals surface area contributed by atoms with Crippen molar-refractivity contribution in [1.82, 2.24) is 10.2 Å². The SMILES string of the molecule is CCNC(CN1CCCC1(C)C)C1CCCC1. The predicted octanol–water partition coefficient (Wildman–Crippen LogP) is 3.03. The Morgan fingerprint density at radius 1 is 1.24 bits per heavy atom. The Morgan fingerprint density at radius 2 is 1.94 bits per heavy atom. The van der Waals surface area contributed by atoms with Crippen LogP contribution in [-0.4, -0.2) is 36.1 Å². The molecule has 1 unspecified atom stereocenters. The highest BCUT2D eigenvalue weighted by molar-refractivity contribution is 4.92. The molecular weight excluding hydrogens is 208 g/mol. The van der Waals surface area contributed by atoms with Crippen molar-refractivity contribution >= 4 is 0 Å². The Hall–Kier alpha value is -0.0800. The second kappa shape index (κ2) is 5.71. The zero-order valence-corrected chi connectivity index (χ0v) is 12.0. The molecule has 0 amide bonds. The molecule has 1 saturated heterocycles. The van der Waals surface area contributed by atoms with Crippen molar-refractivity contribution in [2.75, 3.05) is 19.6 Å². The molecule has 2 aliphatic rings. The van der Waals surface area contributed by atoms with Crippen LogP contribution in [0.25, 0.3) is 0 Å². The van der Waals surface area contributed by atoms with E-state index in [9.17, 15) is 0 Å². The van der Waals surface area contributed by atoms with Crippen molar-refractivity contribution in [3.63, 3.8) is 0 Å². The molecule has 1 aliphatic heterocycles. The lowest BCUT2D eigenvalue weighted by Gasteiger charge is -2.36. The molecule has 1 aliphatic carbocycles. The highest BCUT2D eigenvalue weighted by Gasteiger charge is 2.35. The molecule has 0 aromatic heterocycles. The molecule has 0 aromatic carbocycles. The van der Waals surface area contributed by atoms with Crippen LogP contribution in [0, 0.1) is 5.92 Å². The molecule has 2 rings (SSSR count). The Balaban J connectivity index is 1.92. The summed E-state index contributed by atoms with van der Waals surface area (Å²) in [5.74, 6) is 0.936. The predicted molar refractivity (Wildman–Crippen MR) is 74.3 cm³/mol. The number of hydrogen-bond acceptors (Lipinski definition) is 2. The van der Waals surface area contributed by atoms with E-state index in [2.05, 4.69) is 31.0 Å². The largest absolute Gasteiger partial charge is 0.313 e. The Morgan fingerprint density at radius 3 is 2.47 bits per heavy atom. The molecule has 100 valence electrons. The monoisotopic (exact) mass is 238 g/mol. The van der Waals surface area contributed by atoms with Gasteiger partial charge in [0.05, 0.1) is 0 Å². The summed E-state index contributed by atoms with van der Waals surface area (Å²) in [4.78, 5) is 2.72. The fourth-order valence-corrected chi connectivity index (χ4v) is 3.74. The first-order chi connectivity index (χ1) is 8.13. The molecule has 1 heterocycles. The van der Waals surface area contributed by atoms with Gasteiger partial charge in [-0.3, -0.25) is 4.90 Å². The van der Waals surface area contributed by atoms with Crippen LogP contribution in [0.3, 0.4) is 0 Å². The number of nitrogens with zero attached hydrogens (tertiary/aromatic N) is 1. The fourth-order valence-electron chi connectivity index (χ4n) is 3.74. The third kappa shape index (κ3) is 3.23. The lowest BCUT2D eigenvalue weighted by Crippen LogP contribution is -2.49. The average Bonchev–Trinajstić information content (AvgIpc) is 2.88. The summed E-state index contributed by atoms with van der Waals surface area (Å²) < 4.78 is 0. The van der Waals surface area contributed by atoms with Gasteiger partial charge in [-0.25, -0.2) is 0 Å². The third-order valence-electron chi connectivity index (χ3n) is 4.92. The first-order valence-corrected chi connectivity index (χ1v) is 7.62. The number of hydrogen-bond donors (Lipinski definition) is 1. The topological polar surface area (TPSA) is 15.3 Å². The highest BCUT2D eigenvalue weighted by Crippen LogP contribution is 2.32. The summed E-state index contributed by atoms with van der Waals surface area (Å²) in [5.41, 5.74) is 0.437. The Kier molecular flexibility index (Phi) is 4.48. The molecular formula is C15H30N2. The van der Waals surface area contributed by atoms with Crippen molar-refractivity contribution < 1.29 is 0 Å². The van der Waals surface area contributed by atoms with Crippen molar-refractivity contribution in [2.24, 2.45) is 5.92 Å². The quantitative estimate of drug-likeness (QED) is 0.792. The van der Waals surface area contributed by atoms with Crippen LogP contribution in [0.2, 0.25) is 0 Å². The van der Waals surface area contributed by atoms with E-state index in [1.165, 1.54) is 51.6 Å². The van der Waals surface area contributed by atoms with E-state index in [0.29, 0.717) is 5.54 Å². The van der Waals surface area contributed by atoms with Crippen LogP contribution in [0.5, 0.6) is 0 Å². The van der Waals surface area contributed by atoms with Gasteiger partial charge >= 0.3 is 0 Å². The van der Waals surface area contributed by atoms with E-state index in [1.54, 1.807) is 0 Å². The van der Waals surface area contributed by atoms with Crippen molar-refractivity contribution in [1.29, 1.82) is 0 Å². The normalized spacial score (nSPS) is 27.7. The zero-order chi connectivity index (χ0) is 12.3. The van der Waals surface area contributed by atoms with E-state index in [1.807, 2.05) is 0 Å². The standard InChI is InChI=1S/C15H30N2/c1-4-16-14(13-8-5-6-9-13)12-17-11-7-10-15(17,2)3/h13-14,16H,4-12H2,1-3H3. The van der Waals surface area contributed by atoms with E-state index >= 15 is 0 Å². The van der Waals surface area contributed by atoms with E-state index in [0.717, 1.165) is 18.5 Å². The van der Waals surface area contributed by atoms with Crippen LogP contribution in [0.4, 0.5) is 0 Å². The molecule has 17 heavy (non-hydrogen) atoms. The van der Waals surface area contributed by atoms with Gasteiger partial charge in [-0.2, -0.15) is 0 Å². The van der Waals surface area contributed by atoms with Gasteiger partial charge in [-0.05, 0) is 58.5 Å². The molecule has 2 fully saturated rings. The van der Waals surface area contributed by atoms with Crippen LogP contribution < -0.4 is 5.32 Å². The molecule has 1 atom stereocenters. The maximum atomic E-state index is 3.75. The summed E-state index contributed by atoms with van der Waals surface area (Å²) in [6.07, 6.45) is 8.57. The van der Waals surface area contributed by atoms with E-state index < -0.39 is 0 Å². The maximum absolute atomic E-state index is 3.75. The second-order valence-corrected chi connectivity index (χ2v) is 6.57. The minimum Gasteiger partial charge on any atom is -0.313 e. The molecule has 0 spiro atoms. The van der Waals surface area contributed by atoms with Gasteiger partial charge in [-0.15, -0.1) is 0 Å². The number of likely N-dealkylation sites (tertiary alicyclic amines) is 1. The lowest BCUT2D eigenvalue weighted by atomic mass is 9.95. The van der Waals surface area contributed by atoms with Gasteiger partial charge in [0.25, 0.3) is 0 Å². The summed E-state index contributed by atoms with van der Waals surface area (Å²) in [7, 11) is 0. The third-order valence-corrected chi connectivity index (χ3v) is 4.92. The molecule has 1 saturated carbocycles. The van der Waals surface area contributed by atoms with E-state index in [4.69, 9.17) is 0 Å². The second-order valence-electron chi connectivity index (χ2n) is 6.57. The van der Waals surface area contributed by atoms with Gasteiger partial charge < -0.3 is 5.32 Å². The van der Waals surface area contributed by atoms with Crippen LogP contribution in [0.15, 0.2) is 0 Å². The minimum atomic E-state index is 0.437. The van der Waals surface area contributed by atoms with Gasteiger partial charge in [0, 0.05) is 18.1 Å². The smallest absolute Gasteiger partial charge is 0.0223 e. The minimum absolute atomic E-state index is 0.437. The highest BCUT2D eigenvalue weighted by atomic mass is 15.2. The van der Waals surface area contributed by atoms with Gasteiger partial charge in [0.15, 0.2) is 0 Å². The average molecular weight is 238 g/mol. The lowest BCUT2D eigenvalue weighted by molar-refractivity contribution is 0.140. The number of rotatable bonds is 5. The molecule has 1 N–H and O–H groups in total. The van der Waals surface area contributed by atoms with Crippen molar-refractivity contribution in [3.8, 4) is 0 Å². The molecule has 0 bridgehead atoms. The first-order valence-electron chi connectivity index (χ1n) is 7.62. The summed E-state index contributed by atoms with van der Waals surface area (Å²) in [6, 6.07) is 0.736. The van der Waals surface area contributed by atoms with Crippen molar-refractivity contribution in [2.45, 2.75) is 70.9 Å². The van der Waals surface area contributed by atoms with Gasteiger partial charge in [-0.1, -0.05) is 19.8 Å². The number of nitrogens with one attached hydrogen (secondary N) is 1. The zero-order valence-electron chi connectivity index (χ0n) is 12.0. The molecule has 2 heteroatoms. The fraction of sp³-hybridized carbons (Fsp3) is 1.00. The van der Waals surface area contributed by atoms with Crippen LogP contribution in [0.1, 0.15) is 59.3 Å². The maximum Gasteiger partial charge on any atom is 0.0223 e.